The van der Waals surface area contributed by atoms with Gasteiger partial charge in [0.1, 0.15) is 12.2 Å². The fourth-order valence-corrected chi connectivity index (χ4v) is 4.13. The van der Waals surface area contributed by atoms with E-state index in [4.69, 9.17) is 18.9 Å². The zero-order valence-electron chi connectivity index (χ0n) is 19.5. The molecule has 0 radical (unpaired) electrons. The smallest absolute Gasteiger partial charge is 0.307 e. The quantitative estimate of drug-likeness (QED) is 0.397. The molecule has 0 aromatic rings. The van der Waals surface area contributed by atoms with E-state index in [-0.39, 0.29) is 49.1 Å². The summed E-state index contributed by atoms with van der Waals surface area (Å²) in [5.74, 6) is -0.00687. The van der Waals surface area contributed by atoms with Crippen molar-refractivity contribution in [2.24, 2.45) is 11.8 Å². The van der Waals surface area contributed by atoms with Gasteiger partial charge in [0.25, 0.3) is 0 Å². The predicted molar refractivity (Wildman–Crippen MR) is 115 cm³/mol. The second-order valence-corrected chi connectivity index (χ2v) is 9.50. The summed E-state index contributed by atoms with van der Waals surface area (Å²) >= 11 is 0. The van der Waals surface area contributed by atoms with Crippen LogP contribution in [0.3, 0.4) is 0 Å². The molecule has 8 nitrogen and oxygen atoms in total. The number of ether oxygens (including phenoxy) is 4. The van der Waals surface area contributed by atoms with Gasteiger partial charge in [-0.1, -0.05) is 0 Å². The van der Waals surface area contributed by atoms with Crippen LogP contribution in [0.2, 0.25) is 0 Å². The topological polar surface area (TPSA) is 95.1 Å². The number of nitrogens with one attached hydrogen (secondary N) is 2. The van der Waals surface area contributed by atoms with E-state index < -0.39 is 5.79 Å². The van der Waals surface area contributed by atoms with Crippen LogP contribution in [0.4, 0.5) is 0 Å². The van der Waals surface area contributed by atoms with Gasteiger partial charge in [0.2, 0.25) is 0 Å². The summed E-state index contributed by atoms with van der Waals surface area (Å²) < 4.78 is 23.1. The van der Waals surface area contributed by atoms with Gasteiger partial charge in [-0.25, -0.2) is 0 Å². The summed E-state index contributed by atoms with van der Waals surface area (Å²) in [7, 11) is 0. The van der Waals surface area contributed by atoms with Crippen LogP contribution >= 0.6 is 0 Å². The van der Waals surface area contributed by atoms with E-state index in [2.05, 4.69) is 10.6 Å². The maximum atomic E-state index is 12.3. The molecule has 31 heavy (non-hydrogen) atoms. The Kier molecular flexibility index (Phi) is 8.73. The zero-order valence-corrected chi connectivity index (χ0v) is 19.5. The fourth-order valence-electron chi connectivity index (χ4n) is 4.13. The van der Waals surface area contributed by atoms with Crippen LogP contribution in [0.15, 0.2) is 0 Å². The molecule has 1 heterocycles. The molecule has 178 valence electrons. The maximum absolute atomic E-state index is 12.3. The number of rotatable bonds is 14. The summed E-state index contributed by atoms with van der Waals surface area (Å²) in [6.45, 7) is 9.75. The van der Waals surface area contributed by atoms with Gasteiger partial charge in [-0.2, -0.15) is 0 Å². The molecule has 3 rings (SSSR count). The van der Waals surface area contributed by atoms with Crippen molar-refractivity contribution >= 4 is 11.9 Å². The van der Waals surface area contributed by atoms with Gasteiger partial charge in [0, 0.05) is 12.1 Å². The molecule has 0 amide bonds. The van der Waals surface area contributed by atoms with Gasteiger partial charge in [-0.3, -0.25) is 9.59 Å². The Labute approximate surface area is 186 Å². The van der Waals surface area contributed by atoms with Gasteiger partial charge >= 0.3 is 11.9 Å². The lowest BCUT2D eigenvalue weighted by molar-refractivity contribution is -0.156. The molecular weight excluding hydrogens is 400 g/mol. The van der Waals surface area contributed by atoms with Crippen molar-refractivity contribution in [3.63, 3.8) is 0 Å². The SMILES string of the molecule is CCOC(=O)C[C@@H](NCC1CC1)[C@@H]1OC(C)(C)O[C@H]1[C@@H](CC(=O)OCC)NCC1CC1. The number of hydrogen-bond acceptors (Lipinski definition) is 8. The molecular formula is C23H40N2O6. The lowest BCUT2D eigenvalue weighted by Gasteiger charge is -2.31. The molecule has 3 fully saturated rings. The summed E-state index contributed by atoms with van der Waals surface area (Å²) in [6, 6.07) is -0.502. The van der Waals surface area contributed by atoms with Crippen LogP contribution < -0.4 is 10.6 Å². The zero-order chi connectivity index (χ0) is 22.4. The monoisotopic (exact) mass is 440 g/mol. The number of hydrogen-bond donors (Lipinski definition) is 2. The molecule has 0 unspecified atom stereocenters. The average molecular weight is 441 g/mol. The number of carbonyl (C=O) groups excluding carboxylic acids is 2. The van der Waals surface area contributed by atoms with Gasteiger partial charge < -0.3 is 29.6 Å². The highest BCUT2D eigenvalue weighted by Crippen LogP contribution is 2.35. The molecule has 8 heteroatoms. The fraction of sp³-hybridized carbons (Fsp3) is 0.913. The van der Waals surface area contributed by atoms with Gasteiger partial charge in [0.15, 0.2) is 5.79 Å². The van der Waals surface area contributed by atoms with Crippen molar-refractivity contribution in [2.45, 2.75) is 96.3 Å². The highest BCUT2D eigenvalue weighted by Gasteiger charge is 2.49. The summed E-state index contributed by atoms with van der Waals surface area (Å²) in [5.41, 5.74) is 0. The Morgan fingerprint density at radius 1 is 0.839 bits per heavy atom. The number of esters is 2. The molecule has 2 saturated carbocycles. The average Bonchev–Trinajstić information content (AvgIpc) is 3.61. The van der Waals surface area contributed by atoms with Gasteiger partial charge in [-0.05, 0) is 78.3 Å². The minimum atomic E-state index is -0.808. The van der Waals surface area contributed by atoms with Crippen molar-refractivity contribution in [3.05, 3.63) is 0 Å². The Hall–Kier alpha value is -1.22. The molecule has 0 bridgehead atoms. The second kappa shape index (κ2) is 11.1. The van der Waals surface area contributed by atoms with Crippen LogP contribution in [-0.2, 0) is 28.5 Å². The molecule has 1 saturated heterocycles. The third kappa shape index (κ3) is 8.00. The van der Waals surface area contributed by atoms with Crippen LogP contribution in [0.5, 0.6) is 0 Å². The normalized spacial score (nSPS) is 27.0. The van der Waals surface area contributed by atoms with E-state index in [9.17, 15) is 9.59 Å². The minimum absolute atomic E-state index is 0.204. The second-order valence-electron chi connectivity index (χ2n) is 9.50. The Morgan fingerprint density at radius 3 is 1.55 bits per heavy atom. The van der Waals surface area contributed by atoms with E-state index in [1.807, 2.05) is 27.7 Å². The third-order valence-electron chi connectivity index (χ3n) is 6.07. The van der Waals surface area contributed by atoms with E-state index in [1.54, 1.807) is 0 Å². The number of carbonyl (C=O) groups is 2. The first-order valence-electron chi connectivity index (χ1n) is 11.9. The molecule has 2 N–H and O–H groups in total. The molecule has 4 atom stereocenters. The van der Waals surface area contributed by atoms with Gasteiger partial charge in [0.05, 0.1) is 26.1 Å². The molecule has 0 aromatic carbocycles. The van der Waals surface area contributed by atoms with Crippen LogP contribution in [-0.4, -0.2) is 68.3 Å². The molecule has 0 spiro atoms. The first-order valence-corrected chi connectivity index (χ1v) is 11.9. The standard InChI is InChI=1S/C23H40N2O6/c1-5-28-19(26)11-17(24-13-15-7-8-15)21-22(31-23(3,4)30-21)18(12-20(27)29-6-2)25-14-16-9-10-16/h15-18,21-22,24-25H,5-14H2,1-4H3/t17-,18-,21+,22+/m1/s1. The third-order valence-corrected chi connectivity index (χ3v) is 6.07. The Morgan fingerprint density at radius 2 is 1.23 bits per heavy atom. The van der Waals surface area contributed by atoms with Crippen molar-refractivity contribution in [1.29, 1.82) is 0 Å². The van der Waals surface area contributed by atoms with Crippen molar-refractivity contribution < 1.29 is 28.5 Å². The van der Waals surface area contributed by atoms with E-state index in [1.165, 1.54) is 25.7 Å². The highest BCUT2D eigenvalue weighted by atomic mass is 16.8. The summed E-state index contributed by atoms with van der Waals surface area (Å²) in [4.78, 5) is 24.7. The Balaban J connectivity index is 1.75. The van der Waals surface area contributed by atoms with Crippen molar-refractivity contribution in [3.8, 4) is 0 Å². The highest BCUT2D eigenvalue weighted by molar-refractivity contribution is 5.71. The molecule has 3 aliphatic rings. The van der Waals surface area contributed by atoms with E-state index >= 15 is 0 Å². The molecule has 2 aliphatic carbocycles. The maximum Gasteiger partial charge on any atom is 0.307 e. The van der Waals surface area contributed by atoms with E-state index in [0.29, 0.717) is 25.0 Å². The van der Waals surface area contributed by atoms with Crippen LogP contribution in [0.1, 0.15) is 66.2 Å². The Bertz CT molecular complexity index is 555. The van der Waals surface area contributed by atoms with Crippen molar-refractivity contribution in [1.82, 2.24) is 10.6 Å². The lowest BCUT2D eigenvalue weighted by Crippen LogP contribution is -2.54. The summed E-state index contributed by atoms with van der Waals surface area (Å²) in [5, 5.41) is 7.08. The first-order chi connectivity index (χ1) is 14.8. The lowest BCUT2D eigenvalue weighted by atomic mass is 9.94. The molecule has 0 aromatic heterocycles. The molecule has 1 aliphatic heterocycles. The van der Waals surface area contributed by atoms with Crippen LogP contribution in [0, 0.1) is 11.8 Å². The van der Waals surface area contributed by atoms with Crippen molar-refractivity contribution in [2.75, 3.05) is 26.3 Å². The first kappa shape index (κ1) is 24.4. The predicted octanol–water partition coefficient (Wildman–Crippen LogP) is 2.15. The van der Waals surface area contributed by atoms with Gasteiger partial charge in [-0.15, -0.1) is 0 Å². The minimum Gasteiger partial charge on any atom is -0.466 e. The summed E-state index contributed by atoms with van der Waals surface area (Å²) in [6.07, 6.45) is 4.49. The van der Waals surface area contributed by atoms with E-state index in [0.717, 1.165) is 13.1 Å². The van der Waals surface area contributed by atoms with Crippen LogP contribution in [0.25, 0.3) is 0 Å². The largest absolute Gasteiger partial charge is 0.466 e.